The lowest BCUT2D eigenvalue weighted by molar-refractivity contribution is -0.192. The molecule has 2 aliphatic heterocycles. The molecule has 1 aliphatic carbocycles. The van der Waals surface area contributed by atoms with Crippen LogP contribution in [0, 0.1) is 5.92 Å². The van der Waals surface area contributed by atoms with Crippen molar-refractivity contribution >= 4 is 16.0 Å². The number of piperidine rings is 1. The van der Waals surface area contributed by atoms with Crippen molar-refractivity contribution < 1.29 is 40.6 Å². The fraction of sp³-hybridized carbons (Fsp3) is 0.737. The Hall–Kier alpha value is -1.63. The number of halogens is 3. The molecule has 2 saturated heterocycles. The maximum atomic E-state index is 12.8. The van der Waals surface area contributed by atoms with E-state index in [0.717, 1.165) is 38.1 Å². The van der Waals surface area contributed by atoms with Crippen molar-refractivity contribution in [2.75, 3.05) is 26.7 Å². The predicted octanol–water partition coefficient (Wildman–Crippen LogP) is 2.32. The number of furan rings is 1. The number of carboxylic acid groups (broad SMARTS) is 1. The molecule has 1 saturated carbocycles. The van der Waals surface area contributed by atoms with Gasteiger partial charge in [-0.15, -0.1) is 0 Å². The first-order valence-corrected chi connectivity index (χ1v) is 11.6. The molecule has 0 amide bonds. The van der Waals surface area contributed by atoms with Gasteiger partial charge < -0.3 is 14.3 Å². The van der Waals surface area contributed by atoms with Crippen molar-refractivity contribution in [3.05, 3.63) is 24.2 Å². The van der Waals surface area contributed by atoms with E-state index < -0.39 is 22.2 Å². The molecule has 0 unspecified atom stereocenters. The van der Waals surface area contributed by atoms with Crippen LogP contribution in [0.4, 0.5) is 13.2 Å². The summed E-state index contributed by atoms with van der Waals surface area (Å²) in [5, 5.41) is 6.98. The van der Waals surface area contributed by atoms with Crippen LogP contribution in [-0.2, 0) is 26.1 Å². The number of sulfonamides is 1. The van der Waals surface area contributed by atoms with Gasteiger partial charge in [0.15, 0.2) is 0 Å². The highest BCUT2D eigenvalue weighted by molar-refractivity contribution is 7.90. The Kier molecular flexibility index (Phi) is 7.34. The van der Waals surface area contributed by atoms with Crippen molar-refractivity contribution in [3.8, 4) is 0 Å². The minimum absolute atomic E-state index is 0.0719. The number of alkyl halides is 3. The number of carboxylic acids is 1. The van der Waals surface area contributed by atoms with Crippen LogP contribution < -0.4 is 0 Å². The summed E-state index contributed by atoms with van der Waals surface area (Å²) < 4.78 is 70.5. The SMILES string of the molecule is CN(Cc1ccco1)[C@@H]1CN(S(=O)(=O)C2CC2)C[C@@H]2CCCO[C@@H]21.O=C(O)C(F)(F)F. The molecule has 3 fully saturated rings. The van der Waals surface area contributed by atoms with Crippen molar-refractivity contribution in [1.29, 1.82) is 0 Å². The molecule has 0 bridgehead atoms. The molecule has 8 nitrogen and oxygen atoms in total. The number of rotatable bonds is 5. The number of aliphatic carboxylic acids is 1. The van der Waals surface area contributed by atoms with E-state index in [0.29, 0.717) is 25.6 Å². The summed E-state index contributed by atoms with van der Waals surface area (Å²) in [5.41, 5.74) is 0. The molecule has 1 N–H and O–H groups in total. The van der Waals surface area contributed by atoms with E-state index in [1.807, 2.05) is 19.2 Å². The molecule has 1 aromatic heterocycles. The van der Waals surface area contributed by atoms with Crippen LogP contribution in [0.15, 0.2) is 22.8 Å². The lowest BCUT2D eigenvalue weighted by Gasteiger charge is -2.48. The van der Waals surface area contributed by atoms with E-state index in [-0.39, 0.29) is 17.4 Å². The Balaban J connectivity index is 0.000000339. The summed E-state index contributed by atoms with van der Waals surface area (Å²) in [7, 11) is -1.10. The van der Waals surface area contributed by atoms with Gasteiger partial charge in [-0.2, -0.15) is 17.5 Å². The standard InChI is InChI=1S/C17H26N2O4S.C2HF3O2/c1-18(11-14-5-3-8-22-14)16-12-19(24(20,21)15-6-7-15)10-13-4-2-9-23-17(13)16;3-2(4,5)1(6)7/h3,5,8,13,15-17H,2,4,6-7,9-12H2,1H3;(H,6,7)/t13-,16+,17-;/m0./s1. The first kappa shape index (κ1) is 24.0. The Labute approximate surface area is 179 Å². The van der Waals surface area contributed by atoms with Gasteiger partial charge in [0, 0.05) is 25.6 Å². The average molecular weight is 468 g/mol. The molecular formula is C19H27F3N2O6S. The summed E-state index contributed by atoms with van der Waals surface area (Å²) in [5.74, 6) is -1.57. The normalized spacial score (nSPS) is 27.3. The molecule has 0 spiro atoms. The average Bonchev–Trinajstić information content (AvgIpc) is 3.46. The summed E-state index contributed by atoms with van der Waals surface area (Å²) in [4.78, 5) is 11.1. The van der Waals surface area contributed by atoms with Gasteiger partial charge in [-0.25, -0.2) is 13.2 Å². The second-order valence-electron chi connectivity index (χ2n) is 8.16. The number of hydrogen-bond donors (Lipinski definition) is 1. The monoisotopic (exact) mass is 468 g/mol. The van der Waals surface area contributed by atoms with E-state index in [1.165, 1.54) is 0 Å². The molecule has 3 atom stereocenters. The van der Waals surface area contributed by atoms with E-state index in [1.54, 1.807) is 10.6 Å². The van der Waals surface area contributed by atoms with E-state index in [4.69, 9.17) is 19.1 Å². The van der Waals surface area contributed by atoms with Gasteiger partial charge in [0.05, 0.1) is 30.2 Å². The van der Waals surface area contributed by atoms with Gasteiger partial charge in [0.1, 0.15) is 5.76 Å². The predicted molar refractivity (Wildman–Crippen MR) is 104 cm³/mol. The van der Waals surface area contributed by atoms with Gasteiger partial charge in [-0.3, -0.25) is 4.90 Å². The molecule has 3 aliphatic rings. The highest BCUT2D eigenvalue weighted by atomic mass is 32.2. The Morgan fingerprint density at radius 1 is 1.29 bits per heavy atom. The number of fused-ring (bicyclic) bond motifs is 1. The topological polar surface area (TPSA) is 100 Å². The first-order valence-electron chi connectivity index (χ1n) is 10.1. The summed E-state index contributed by atoms with van der Waals surface area (Å²) >= 11 is 0. The number of nitrogens with zero attached hydrogens (tertiary/aromatic N) is 2. The zero-order valence-electron chi connectivity index (χ0n) is 17.1. The highest BCUT2D eigenvalue weighted by Gasteiger charge is 2.48. The zero-order chi connectivity index (χ0) is 22.8. The maximum absolute atomic E-state index is 12.8. The third kappa shape index (κ3) is 5.99. The number of carbonyl (C=O) groups is 1. The van der Waals surface area contributed by atoms with Crippen LogP contribution in [0.25, 0.3) is 0 Å². The largest absolute Gasteiger partial charge is 0.490 e. The van der Waals surface area contributed by atoms with E-state index in [9.17, 15) is 21.6 Å². The van der Waals surface area contributed by atoms with Gasteiger partial charge in [0.25, 0.3) is 0 Å². The van der Waals surface area contributed by atoms with Crippen LogP contribution in [0.5, 0.6) is 0 Å². The van der Waals surface area contributed by atoms with Crippen LogP contribution in [0.1, 0.15) is 31.4 Å². The van der Waals surface area contributed by atoms with Gasteiger partial charge in [-0.1, -0.05) is 0 Å². The number of hydrogen-bond acceptors (Lipinski definition) is 6. The molecule has 176 valence electrons. The fourth-order valence-electron chi connectivity index (χ4n) is 4.07. The molecule has 12 heteroatoms. The minimum Gasteiger partial charge on any atom is -0.475 e. The molecule has 0 aromatic carbocycles. The zero-order valence-corrected chi connectivity index (χ0v) is 17.9. The number of ether oxygens (including phenoxy) is 1. The smallest absolute Gasteiger partial charge is 0.475 e. The molecule has 31 heavy (non-hydrogen) atoms. The first-order chi connectivity index (χ1) is 14.5. The number of likely N-dealkylation sites (N-methyl/N-ethyl adjacent to an activating group) is 1. The van der Waals surface area contributed by atoms with Crippen molar-refractivity contribution in [1.82, 2.24) is 9.21 Å². The van der Waals surface area contributed by atoms with Crippen LogP contribution in [0.3, 0.4) is 0 Å². The Bertz CT molecular complexity index is 841. The summed E-state index contributed by atoms with van der Waals surface area (Å²) in [6.07, 6.45) is 0.407. The van der Waals surface area contributed by atoms with Crippen LogP contribution in [-0.4, -0.2) is 79.0 Å². The van der Waals surface area contributed by atoms with Crippen molar-refractivity contribution in [2.24, 2.45) is 5.92 Å². The quantitative estimate of drug-likeness (QED) is 0.708. The highest BCUT2D eigenvalue weighted by Crippen LogP contribution is 2.37. The van der Waals surface area contributed by atoms with E-state index >= 15 is 0 Å². The fourth-order valence-corrected chi connectivity index (χ4v) is 5.99. The second-order valence-corrected chi connectivity index (χ2v) is 10.4. The summed E-state index contributed by atoms with van der Waals surface area (Å²) in [6.45, 7) is 2.59. The molecule has 4 rings (SSSR count). The van der Waals surface area contributed by atoms with Gasteiger partial charge in [-0.05, 0) is 44.9 Å². The lowest BCUT2D eigenvalue weighted by Crippen LogP contribution is -2.61. The Morgan fingerprint density at radius 2 is 1.97 bits per heavy atom. The molecule has 1 aromatic rings. The van der Waals surface area contributed by atoms with E-state index in [2.05, 4.69) is 4.90 Å². The third-order valence-electron chi connectivity index (χ3n) is 5.80. The Morgan fingerprint density at radius 3 is 2.52 bits per heavy atom. The molecule has 0 radical (unpaired) electrons. The van der Waals surface area contributed by atoms with Crippen LogP contribution in [0.2, 0.25) is 0 Å². The second kappa shape index (κ2) is 9.47. The lowest BCUT2D eigenvalue weighted by atomic mass is 9.86. The van der Waals surface area contributed by atoms with Crippen molar-refractivity contribution in [2.45, 2.75) is 55.8 Å². The van der Waals surface area contributed by atoms with Crippen LogP contribution >= 0.6 is 0 Å². The minimum atomic E-state index is -5.08. The molecule has 3 heterocycles. The van der Waals surface area contributed by atoms with Gasteiger partial charge in [0.2, 0.25) is 10.0 Å². The van der Waals surface area contributed by atoms with Gasteiger partial charge >= 0.3 is 12.1 Å². The van der Waals surface area contributed by atoms with Crippen molar-refractivity contribution in [3.63, 3.8) is 0 Å². The molecular weight excluding hydrogens is 441 g/mol. The third-order valence-corrected chi connectivity index (χ3v) is 8.13. The maximum Gasteiger partial charge on any atom is 0.490 e. The summed E-state index contributed by atoms with van der Waals surface area (Å²) in [6, 6.07) is 3.91.